The molecule has 9 heteroatoms. The number of halogens is 2. The predicted octanol–water partition coefficient (Wildman–Crippen LogP) is 1.23. The van der Waals surface area contributed by atoms with Crippen molar-refractivity contribution in [2.75, 3.05) is 6.61 Å². The van der Waals surface area contributed by atoms with Crippen LogP contribution in [0.1, 0.15) is 11.6 Å². The Kier molecular flexibility index (Phi) is 3.45. The zero-order valence-electron chi connectivity index (χ0n) is 10.1. The lowest BCUT2D eigenvalue weighted by Crippen LogP contribution is -2.32. The van der Waals surface area contributed by atoms with E-state index < -0.39 is 0 Å². The van der Waals surface area contributed by atoms with Crippen molar-refractivity contribution in [1.82, 2.24) is 25.5 Å². The number of benzene rings is 1. The first-order valence-corrected chi connectivity index (χ1v) is 6.51. The van der Waals surface area contributed by atoms with Crippen molar-refractivity contribution in [3.63, 3.8) is 0 Å². The number of nitrogens with zero attached hydrogens (tertiary/aromatic N) is 4. The average molecular weight is 314 g/mol. The van der Waals surface area contributed by atoms with Crippen molar-refractivity contribution in [1.29, 1.82) is 0 Å². The monoisotopic (exact) mass is 313 g/mol. The fourth-order valence-electron chi connectivity index (χ4n) is 1.98. The molecule has 1 aromatic heterocycles. The molecule has 1 aromatic carbocycles. The van der Waals surface area contributed by atoms with Crippen LogP contribution in [0.2, 0.25) is 10.0 Å². The highest BCUT2D eigenvalue weighted by molar-refractivity contribution is 6.43. The van der Waals surface area contributed by atoms with Crippen LogP contribution in [-0.2, 0) is 11.3 Å². The highest BCUT2D eigenvalue weighted by atomic mass is 35.5. The molecule has 0 bridgehead atoms. The molecule has 1 amide bonds. The van der Waals surface area contributed by atoms with E-state index in [9.17, 15) is 4.79 Å². The third kappa shape index (κ3) is 2.41. The van der Waals surface area contributed by atoms with Crippen LogP contribution < -0.4 is 10.1 Å². The number of tetrazole rings is 1. The Morgan fingerprint density at radius 2 is 2.35 bits per heavy atom. The molecule has 20 heavy (non-hydrogen) atoms. The van der Waals surface area contributed by atoms with E-state index >= 15 is 0 Å². The number of carbonyl (C=O) groups excluding carboxylic acids is 1. The Bertz CT molecular complexity index is 647. The van der Waals surface area contributed by atoms with Gasteiger partial charge in [0, 0.05) is 5.56 Å². The van der Waals surface area contributed by atoms with Crippen molar-refractivity contribution < 1.29 is 9.53 Å². The molecule has 2 aromatic rings. The molecule has 104 valence electrons. The molecule has 0 saturated carbocycles. The molecule has 1 aliphatic rings. The molecule has 3 rings (SSSR count). The highest BCUT2D eigenvalue weighted by Gasteiger charge is 2.28. The van der Waals surface area contributed by atoms with Gasteiger partial charge in [-0.1, -0.05) is 29.3 Å². The summed E-state index contributed by atoms with van der Waals surface area (Å²) in [6.45, 7) is 0.358. The summed E-state index contributed by atoms with van der Waals surface area (Å²) in [6, 6.07) is 3.21. The number of hydrogen-bond acceptors (Lipinski definition) is 5. The summed E-state index contributed by atoms with van der Waals surface area (Å²) >= 11 is 12.0. The van der Waals surface area contributed by atoms with Gasteiger partial charge in [0.15, 0.2) is 0 Å². The van der Waals surface area contributed by atoms with Crippen molar-refractivity contribution in [2.24, 2.45) is 0 Å². The number of rotatable bonds is 3. The maximum Gasteiger partial charge on any atom is 0.242 e. The van der Waals surface area contributed by atoms with Gasteiger partial charge in [-0.05, 0) is 16.5 Å². The summed E-state index contributed by atoms with van der Waals surface area (Å²) in [5.41, 5.74) is 0.810. The molecular formula is C11H9Cl2N5O2. The van der Waals surface area contributed by atoms with E-state index in [1.165, 1.54) is 11.0 Å². The zero-order valence-corrected chi connectivity index (χ0v) is 11.6. The molecule has 0 saturated heterocycles. The second-order valence-corrected chi connectivity index (χ2v) is 5.00. The van der Waals surface area contributed by atoms with Gasteiger partial charge in [-0.25, -0.2) is 4.68 Å². The number of nitrogens with one attached hydrogen (secondary N) is 1. The van der Waals surface area contributed by atoms with E-state index in [1.807, 2.05) is 0 Å². The van der Waals surface area contributed by atoms with Gasteiger partial charge in [0.2, 0.25) is 5.91 Å². The number of ether oxygens (including phenoxy) is 1. The second kappa shape index (κ2) is 5.26. The predicted molar refractivity (Wildman–Crippen MR) is 70.7 cm³/mol. The maximum atomic E-state index is 11.9. The summed E-state index contributed by atoms with van der Waals surface area (Å²) in [6.07, 6.45) is 1.37. The molecule has 0 fully saturated rings. The van der Waals surface area contributed by atoms with E-state index in [2.05, 4.69) is 20.8 Å². The maximum absolute atomic E-state index is 11.9. The van der Waals surface area contributed by atoms with Crippen LogP contribution in [0.3, 0.4) is 0 Å². The van der Waals surface area contributed by atoms with Crippen LogP contribution in [0, 0.1) is 0 Å². The Morgan fingerprint density at radius 3 is 3.10 bits per heavy atom. The van der Waals surface area contributed by atoms with Gasteiger partial charge in [-0.3, -0.25) is 4.79 Å². The molecule has 2 heterocycles. The topological polar surface area (TPSA) is 81.9 Å². The summed E-state index contributed by atoms with van der Waals surface area (Å²) in [7, 11) is 0. The minimum absolute atomic E-state index is 0.0418. The number of hydrogen-bond donors (Lipinski definition) is 1. The summed E-state index contributed by atoms with van der Waals surface area (Å²) in [5.74, 6) is 0.303. The highest BCUT2D eigenvalue weighted by Crippen LogP contribution is 2.41. The summed E-state index contributed by atoms with van der Waals surface area (Å²) < 4.78 is 6.81. The van der Waals surface area contributed by atoms with Crippen LogP contribution in [0.25, 0.3) is 0 Å². The van der Waals surface area contributed by atoms with Crippen molar-refractivity contribution >= 4 is 29.1 Å². The Morgan fingerprint density at radius 1 is 1.50 bits per heavy atom. The van der Waals surface area contributed by atoms with Crippen molar-refractivity contribution in [2.45, 2.75) is 12.6 Å². The Balaban J connectivity index is 1.72. The quantitative estimate of drug-likeness (QED) is 0.921. The smallest absolute Gasteiger partial charge is 0.242 e. The summed E-state index contributed by atoms with van der Waals surface area (Å²) in [4.78, 5) is 11.9. The van der Waals surface area contributed by atoms with Crippen molar-refractivity contribution in [3.05, 3.63) is 34.1 Å². The van der Waals surface area contributed by atoms with Crippen LogP contribution in [0.5, 0.6) is 5.75 Å². The molecule has 0 aliphatic carbocycles. The lowest BCUT2D eigenvalue weighted by Gasteiger charge is -2.11. The van der Waals surface area contributed by atoms with Crippen molar-refractivity contribution in [3.8, 4) is 5.75 Å². The molecule has 0 unspecified atom stereocenters. The summed E-state index contributed by atoms with van der Waals surface area (Å²) in [5, 5.41) is 14.2. The van der Waals surface area contributed by atoms with Crippen LogP contribution in [0.4, 0.5) is 0 Å². The van der Waals surface area contributed by atoms with Gasteiger partial charge in [0.25, 0.3) is 0 Å². The SMILES string of the molecule is O=C(Cn1cnnn1)N[C@@H]1COc2c1ccc(Cl)c2Cl. The lowest BCUT2D eigenvalue weighted by atomic mass is 10.1. The molecular weight excluding hydrogens is 305 g/mol. The van der Waals surface area contributed by atoms with E-state index in [1.54, 1.807) is 12.1 Å². The van der Waals surface area contributed by atoms with Gasteiger partial charge in [0.05, 0.1) is 11.1 Å². The number of aromatic nitrogens is 4. The first-order chi connectivity index (χ1) is 9.65. The first kappa shape index (κ1) is 13.1. The van der Waals surface area contributed by atoms with Crippen LogP contribution in [-0.4, -0.2) is 32.7 Å². The van der Waals surface area contributed by atoms with Gasteiger partial charge < -0.3 is 10.1 Å². The standard InChI is InChI=1S/C11H9Cl2N5O2/c12-7-2-1-6-8(4-20-11(6)10(7)13)15-9(19)3-18-5-14-16-17-18/h1-2,5,8H,3-4H2,(H,15,19)/t8-/m1/s1. The molecule has 1 atom stereocenters. The van der Waals surface area contributed by atoms with Gasteiger partial charge in [-0.15, -0.1) is 5.10 Å². The van der Waals surface area contributed by atoms with E-state index in [-0.39, 0.29) is 18.5 Å². The fourth-order valence-corrected chi connectivity index (χ4v) is 2.36. The third-order valence-corrected chi connectivity index (χ3v) is 3.67. The molecule has 0 radical (unpaired) electrons. The number of fused-ring (bicyclic) bond motifs is 1. The lowest BCUT2D eigenvalue weighted by molar-refractivity contribution is -0.122. The number of amides is 1. The minimum Gasteiger partial charge on any atom is -0.489 e. The van der Waals surface area contributed by atoms with Gasteiger partial charge >= 0.3 is 0 Å². The second-order valence-electron chi connectivity index (χ2n) is 4.22. The molecule has 0 spiro atoms. The molecule has 1 aliphatic heterocycles. The average Bonchev–Trinajstić information content (AvgIpc) is 3.04. The molecule has 7 nitrogen and oxygen atoms in total. The minimum atomic E-state index is -0.260. The number of carbonyl (C=O) groups is 1. The van der Waals surface area contributed by atoms with Crippen LogP contribution in [0.15, 0.2) is 18.5 Å². The fraction of sp³-hybridized carbons (Fsp3) is 0.273. The Labute approximate surface area is 123 Å². The van der Waals surface area contributed by atoms with Gasteiger partial charge in [-0.2, -0.15) is 0 Å². The van der Waals surface area contributed by atoms with Crippen LogP contribution >= 0.6 is 23.2 Å². The normalized spacial score (nSPS) is 16.6. The first-order valence-electron chi connectivity index (χ1n) is 5.76. The third-order valence-electron chi connectivity index (χ3n) is 2.88. The van der Waals surface area contributed by atoms with E-state index in [0.717, 1.165) is 5.56 Å². The van der Waals surface area contributed by atoms with E-state index in [0.29, 0.717) is 22.4 Å². The Hall–Kier alpha value is -1.86. The molecule has 1 N–H and O–H groups in total. The van der Waals surface area contributed by atoms with E-state index in [4.69, 9.17) is 27.9 Å². The zero-order chi connectivity index (χ0) is 14.1. The van der Waals surface area contributed by atoms with Gasteiger partial charge in [0.1, 0.15) is 30.3 Å². The largest absolute Gasteiger partial charge is 0.489 e.